The van der Waals surface area contributed by atoms with E-state index in [9.17, 15) is 0 Å². The highest BCUT2D eigenvalue weighted by Gasteiger charge is 2.17. The highest BCUT2D eigenvalue weighted by molar-refractivity contribution is 4.83. The molecule has 44 valence electrons. The smallest absolute Gasteiger partial charge is 0.179 e. The second kappa shape index (κ2) is 2.01. The first-order valence-electron chi connectivity index (χ1n) is 2.65. The molecular weight excluding hydrogens is 104 g/mol. The van der Waals surface area contributed by atoms with Crippen molar-refractivity contribution in [2.45, 2.75) is 12.5 Å². The zero-order chi connectivity index (χ0) is 5.98. The lowest BCUT2D eigenvalue weighted by Gasteiger charge is -2.01. The van der Waals surface area contributed by atoms with E-state index in [1.807, 2.05) is 6.19 Å². The summed E-state index contributed by atoms with van der Waals surface area (Å²) in [6.45, 7) is 1.24. The van der Waals surface area contributed by atoms with Gasteiger partial charge in [-0.25, -0.2) is 0 Å². The van der Waals surface area contributed by atoms with Crippen LogP contribution in [0.25, 0.3) is 0 Å². The molecule has 0 spiro atoms. The molecule has 0 aromatic heterocycles. The minimum atomic E-state index is -0.269. The maximum absolute atomic E-state index is 8.84. The molecule has 1 heterocycles. The fraction of sp³-hybridized carbons (Fsp3) is 0.800. The van der Waals surface area contributed by atoms with Gasteiger partial charge >= 0.3 is 0 Å². The lowest BCUT2D eigenvalue weighted by atomic mass is 10.3. The van der Waals surface area contributed by atoms with Crippen LogP contribution in [0.2, 0.25) is 0 Å². The van der Waals surface area contributed by atoms with Crippen LogP contribution >= 0.6 is 0 Å². The Bertz CT molecular complexity index is 118. The van der Waals surface area contributed by atoms with Gasteiger partial charge in [0.15, 0.2) is 6.19 Å². The summed E-state index contributed by atoms with van der Waals surface area (Å²) in [6, 6.07) is 0. The first kappa shape index (κ1) is 5.39. The van der Waals surface area contributed by atoms with E-state index < -0.39 is 0 Å². The number of nitriles is 1. The number of hydrogen-bond acceptors (Lipinski definition) is 3. The van der Waals surface area contributed by atoms with Gasteiger partial charge in [0.1, 0.15) is 0 Å². The van der Waals surface area contributed by atoms with Gasteiger partial charge in [-0.15, -0.1) is 0 Å². The molecule has 0 amide bonds. The zero-order valence-corrected chi connectivity index (χ0v) is 4.54. The van der Waals surface area contributed by atoms with Gasteiger partial charge in [-0.05, 0) is 6.42 Å². The minimum Gasteiger partial charge on any atom is -0.391 e. The Labute approximate surface area is 48.1 Å². The number of hydrogen-bond donors (Lipinski definition) is 1. The topological polar surface area (TPSA) is 47.3 Å². The number of rotatable bonds is 0. The molecule has 8 heavy (non-hydrogen) atoms. The summed E-state index contributed by atoms with van der Waals surface area (Å²) in [5.41, 5.74) is 0. The molecule has 1 N–H and O–H groups in total. The molecule has 1 saturated heterocycles. The van der Waals surface area contributed by atoms with Crippen LogP contribution in [0.5, 0.6) is 0 Å². The monoisotopic (exact) mass is 112 g/mol. The normalized spacial score (nSPS) is 28.0. The van der Waals surface area contributed by atoms with Crippen molar-refractivity contribution in [1.29, 1.82) is 5.26 Å². The van der Waals surface area contributed by atoms with Gasteiger partial charge in [-0.1, -0.05) is 0 Å². The Hall–Kier alpha value is -0.750. The predicted molar refractivity (Wildman–Crippen MR) is 27.8 cm³/mol. The van der Waals surface area contributed by atoms with E-state index in [1.165, 1.54) is 0 Å². The van der Waals surface area contributed by atoms with Crippen LogP contribution in [0, 0.1) is 11.5 Å². The number of aliphatic hydroxyl groups is 1. The third-order valence-corrected chi connectivity index (χ3v) is 1.30. The van der Waals surface area contributed by atoms with Gasteiger partial charge in [0, 0.05) is 6.54 Å². The van der Waals surface area contributed by atoms with Crippen LogP contribution in [-0.4, -0.2) is 29.2 Å². The van der Waals surface area contributed by atoms with Crippen LogP contribution < -0.4 is 0 Å². The molecule has 0 saturated carbocycles. The van der Waals surface area contributed by atoms with E-state index in [-0.39, 0.29) is 6.10 Å². The van der Waals surface area contributed by atoms with Crippen molar-refractivity contribution in [3.8, 4) is 6.19 Å². The fourth-order valence-electron chi connectivity index (χ4n) is 0.833. The maximum Gasteiger partial charge on any atom is 0.179 e. The Morgan fingerprint density at radius 1 is 1.75 bits per heavy atom. The summed E-state index contributed by atoms with van der Waals surface area (Å²) in [5, 5.41) is 17.1. The van der Waals surface area contributed by atoms with E-state index in [2.05, 4.69) is 0 Å². The van der Waals surface area contributed by atoms with Crippen molar-refractivity contribution in [3.05, 3.63) is 0 Å². The van der Waals surface area contributed by atoms with Crippen LogP contribution in [-0.2, 0) is 0 Å². The Kier molecular flexibility index (Phi) is 1.36. The third kappa shape index (κ3) is 0.903. The molecule has 0 unspecified atom stereocenters. The molecule has 1 aliphatic heterocycles. The van der Waals surface area contributed by atoms with E-state index in [4.69, 9.17) is 10.4 Å². The van der Waals surface area contributed by atoms with Gasteiger partial charge in [0.05, 0.1) is 12.6 Å². The lowest BCUT2D eigenvalue weighted by molar-refractivity contribution is 0.187. The molecule has 0 aromatic carbocycles. The molecule has 1 atom stereocenters. The summed E-state index contributed by atoms with van der Waals surface area (Å²) in [5.74, 6) is 0. The average Bonchev–Trinajstić information content (AvgIpc) is 2.14. The molecular formula is C5H8N2O. The summed E-state index contributed by atoms with van der Waals surface area (Å²) in [7, 11) is 0. The standard InChI is InChI=1S/C5H8N2O/c6-4-7-2-1-5(8)3-7/h5,8H,1-3H2/t5-/m1/s1. The molecule has 0 aromatic rings. The van der Waals surface area contributed by atoms with Crippen LogP contribution in [0.4, 0.5) is 0 Å². The predicted octanol–water partition coefficient (Wildman–Crippen LogP) is -0.466. The molecule has 0 aliphatic carbocycles. The molecule has 1 aliphatic rings. The highest BCUT2D eigenvalue weighted by Crippen LogP contribution is 2.05. The Balaban J connectivity index is 2.35. The average molecular weight is 112 g/mol. The van der Waals surface area contributed by atoms with Crippen LogP contribution in [0.3, 0.4) is 0 Å². The number of nitrogens with zero attached hydrogens (tertiary/aromatic N) is 2. The molecule has 1 fully saturated rings. The van der Waals surface area contributed by atoms with Gasteiger partial charge in [0.25, 0.3) is 0 Å². The largest absolute Gasteiger partial charge is 0.391 e. The summed E-state index contributed by atoms with van der Waals surface area (Å²) >= 11 is 0. The first-order valence-corrected chi connectivity index (χ1v) is 2.65. The van der Waals surface area contributed by atoms with Gasteiger partial charge in [0.2, 0.25) is 0 Å². The minimum absolute atomic E-state index is 0.269. The van der Waals surface area contributed by atoms with Crippen LogP contribution in [0.15, 0.2) is 0 Å². The second-order valence-electron chi connectivity index (χ2n) is 1.99. The molecule has 3 heteroatoms. The summed E-state index contributed by atoms with van der Waals surface area (Å²) in [6.07, 6.45) is 2.44. The van der Waals surface area contributed by atoms with E-state index >= 15 is 0 Å². The fourth-order valence-corrected chi connectivity index (χ4v) is 0.833. The lowest BCUT2D eigenvalue weighted by Crippen LogP contribution is -2.15. The second-order valence-corrected chi connectivity index (χ2v) is 1.99. The quantitative estimate of drug-likeness (QED) is 0.431. The number of β-amino-alcohol motifs (C(OH)–C–C–N with tert-alkyl or cyclic N) is 1. The van der Waals surface area contributed by atoms with Crippen molar-refractivity contribution in [2.75, 3.05) is 13.1 Å². The van der Waals surface area contributed by atoms with Crippen molar-refractivity contribution in [3.63, 3.8) is 0 Å². The van der Waals surface area contributed by atoms with E-state index in [0.29, 0.717) is 6.54 Å². The third-order valence-electron chi connectivity index (χ3n) is 1.30. The van der Waals surface area contributed by atoms with Gasteiger partial charge in [-0.3, -0.25) is 0 Å². The van der Waals surface area contributed by atoms with Crippen molar-refractivity contribution < 1.29 is 5.11 Å². The Morgan fingerprint density at radius 2 is 2.50 bits per heavy atom. The molecule has 0 radical (unpaired) electrons. The van der Waals surface area contributed by atoms with E-state index in [1.54, 1.807) is 4.90 Å². The maximum atomic E-state index is 8.84. The number of aliphatic hydroxyl groups excluding tert-OH is 1. The van der Waals surface area contributed by atoms with Crippen molar-refractivity contribution >= 4 is 0 Å². The van der Waals surface area contributed by atoms with Crippen LogP contribution in [0.1, 0.15) is 6.42 Å². The van der Waals surface area contributed by atoms with Gasteiger partial charge < -0.3 is 10.0 Å². The summed E-state index contributed by atoms with van der Waals surface area (Å²) in [4.78, 5) is 1.56. The summed E-state index contributed by atoms with van der Waals surface area (Å²) < 4.78 is 0. The molecule has 0 bridgehead atoms. The Morgan fingerprint density at radius 3 is 2.75 bits per heavy atom. The van der Waals surface area contributed by atoms with Gasteiger partial charge in [-0.2, -0.15) is 5.26 Å². The number of likely N-dealkylation sites (tertiary alicyclic amines) is 1. The molecule has 3 nitrogen and oxygen atoms in total. The SMILES string of the molecule is N#CN1CC[C@@H](O)C1. The highest BCUT2D eigenvalue weighted by atomic mass is 16.3. The van der Waals surface area contributed by atoms with Crippen molar-refractivity contribution in [2.24, 2.45) is 0 Å². The van der Waals surface area contributed by atoms with Crippen molar-refractivity contribution in [1.82, 2.24) is 4.90 Å². The molecule has 1 rings (SSSR count). The first-order chi connectivity index (χ1) is 3.83. The van der Waals surface area contributed by atoms with E-state index in [0.717, 1.165) is 13.0 Å². The zero-order valence-electron chi connectivity index (χ0n) is 4.54.